The molecule has 0 saturated heterocycles. The van der Waals surface area contributed by atoms with Crippen LogP contribution in [0.4, 0.5) is 0 Å². The third-order valence-corrected chi connectivity index (χ3v) is 5.84. The van der Waals surface area contributed by atoms with Crippen LogP contribution in [-0.2, 0) is 23.9 Å². The van der Waals surface area contributed by atoms with Crippen LogP contribution in [0, 0.1) is 11.8 Å². The number of methoxy groups -OCH3 is 1. The number of hydrogen-bond acceptors (Lipinski definition) is 7. The first kappa shape index (κ1) is 23.6. The Labute approximate surface area is 188 Å². The molecule has 1 aromatic rings. The fraction of sp³-hybridized carbons (Fsp3) is 0.480. The van der Waals surface area contributed by atoms with E-state index in [0.29, 0.717) is 41.2 Å². The first-order chi connectivity index (χ1) is 15.2. The molecule has 3 rings (SSSR count). The van der Waals surface area contributed by atoms with Gasteiger partial charge in [-0.2, -0.15) is 0 Å². The van der Waals surface area contributed by atoms with Crippen molar-refractivity contribution in [3.05, 3.63) is 52.4 Å². The number of carbonyl (C=O) groups is 3. The molecular formula is C25H31NO6. The standard InChI is InChI=1S/C25H31NO6/c1-7-31-18-11-9-8-10-16(18)21-20(25(29)32-13(2)3)15(5)26-17-12-14(4)19(24(28)30-6)23(27)22(17)21/h8-11,13-14,19,21,26H,7,12H2,1-6H3/t14-,19-,21-/m0/s1. The minimum absolute atomic E-state index is 0.235. The molecule has 0 unspecified atom stereocenters. The van der Waals surface area contributed by atoms with Gasteiger partial charge in [0, 0.05) is 22.5 Å². The summed E-state index contributed by atoms with van der Waals surface area (Å²) in [6.45, 7) is 9.52. The molecule has 0 aromatic heterocycles. The van der Waals surface area contributed by atoms with Gasteiger partial charge < -0.3 is 19.5 Å². The van der Waals surface area contributed by atoms with Gasteiger partial charge in [-0.05, 0) is 46.1 Å². The van der Waals surface area contributed by atoms with Crippen LogP contribution in [-0.4, -0.2) is 37.5 Å². The number of Topliss-reactive ketones (excluding diaryl/α,β-unsaturated/α-hetero) is 1. The summed E-state index contributed by atoms with van der Waals surface area (Å²) in [5.74, 6) is -2.71. The Morgan fingerprint density at radius 1 is 1.22 bits per heavy atom. The van der Waals surface area contributed by atoms with Gasteiger partial charge >= 0.3 is 11.9 Å². The van der Waals surface area contributed by atoms with Crippen LogP contribution in [0.15, 0.2) is 46.8 Å². The van der Waals surface area contributed by atoms with Crippen molar-refractivity contribution >= 4 is 17.7 Å². The largest absolute Gasteiger partial charge is 0.494 e. The van der Waals surface area contributed by atoms with E-state index >= 15 is 0 Å². The minimum Gasteiger partial charge on any atom is -0.494 e. The second-order valence-electron chi connectivity index (χ2n) is 8.46. The Bertz CT molecular complexity index is 990. The highest BCUT2D eigenvalue weighted by molar-refractivity contribution is 6.12. The Kier molecular flexibility index (Phi) is 7.06. The van der Waals surface area contributed by atoms with Gasteiger partial charge in [0.25, 0.3) is 0 Å². The summed E-state index contributed by atoms with van der Waals surface area (Å²) in [7, 11) is 1.28. The van der Waals surface area contributed by atoms with Crippen LogP contribution in [0.3, 0.4) is 0 Å². The maximum absolute atomic E-state index is 13.7. The van der Waals surface area contributed by atoms with E-state index in [1.54, 1.807) is 20.8 Å². The molecular weight excluding hydrogens is 410 g/mol. The average molecular weight is 442 g/mol. The maximum atomic E-state index is 13.7. The normalized spacial score (nSPS) is 23.0. The van der Waals surface area contributed by atoms with Crippen molar-refractivity contribution < 1.29 is 28.6 Å². The number of ketones is 1. The molecule has 1 aliphatic heterocycles. The molecule has 1 aromatic carbocycles. The first-order valence-electron chi connectivity index (χ1n) is 11.0. The Hall–Kier alpha value is -3.09. The highest BCUT2D eigenvalue weighted by atomic mass is 16.5. The van der Waals surface area contributed by atoms with Crippen molar-refractivity contribution in [1.29, 1.82) is 0 Å². The van der Waals surface area contributed by atoms with E-state index < -0.39 is 23.8 Å². The number of esters is 2. The molecule has 0 fully saturated rings. The predicted molar refractivity (Wildman–Crippen MR) is 119 cm³/mol. The molecule has 7 heteroatoms. The van der Waals surface area contributed by atoms with Crippen LogP contribution >= 0.6 is 0 Å². The SMILES string of the molecule is CCOc1ccccc1[C@H]1C(C(=O)OC(C)C)=C(C)NC2=C1C(=O)[C@@H](C(=O)OC)[C@@H](C)C2. The van der Waals surface area contributed by atoms with Crippen LogP contribution in [0.2, 0.25) is 0 Å². The third-order valence-electron chi connectivity index (χ3n) is 5.84. The van der Waals surface area contributed by atoms with E-state index in [1.165, 1.54) is 7.11 Å². The number of dihydropyridines is 1. The van der Waals surface area contributed by atoms with Crippen molar-refractivity contribution in [3.8, 4) is 5.75 Å². The number of ether oxygens (including phenoxy) is 3. The molecule has 1 N–H and O–H groups in total. The van der Waals surface area contributed by atoms with Crippen molar-refractivity contribution in [2.45, 2.75) is 53.1 Å². The molecule has 0 spiro atoms. The van der Waals surface area contributed by atoms with Crippen LogP contribution in [0.1, 0.15) is 52.5 Å². The lowest BCUT2D eigenvalue weighted by Gasteiger charge is -2.38. The number of hydrogen-bond donors (Lipinski definition) is 1. The molecule has 0 amide bonds. The van der Waals surface area contributed by atoms with Gasteiger partial charge in [0.15, 0.2) is 5.78 Å². The van der Waals surface area contributed by atoms with E-state index in [9.17, 15) is 14.4 Å². The number of benzene rings is 1. The zero-order valence-corrected chi connectivity index (χ0v) is 19.5. The molecule has 0 saturated carbocycles. The van der Waals surface area contributed by atoms with Crippen molar-refractivity contribution in [2.24, 2.45) is 11.8 Å². The molecule has 0 radical (unpaired) electrons. The molecule has 3 atom stereocenters. The Balaban J connectivity index is 2.23. The molecule has 2 aliphatic rings. The summed E-state index contributed by atoms with van der Waals surface area (Å²) in [5.41, 5.74) is 2.77. The summed E-state index contributed by atoms with van der Waals surface area (Å²) in [5, 5.41) is 3.26. The topological polar surface area (TPSA) is 90.9 Å². The Morgan fingerprint density at radius 3 is 2.53 bits per heavy atom. The molecule has 0 bridgehead atoms. The number of para-hydroxylation sites is 1. The Morgan fingerprint density at radius 2 is 1.91 bits per heavy atom. The zero-order chi connectivity index (χ0) is 23.6. The van der Waals surface area contributed by atoms with Gasteiger partial charge in [0.1, 0.15) is 11.7 Å². The third kappa shape index (κ3) is 4.29. The summed E-state index contributed by atoms with van der Waals surface area (Å²) in [6.07, 6.45) is 0.156. The monoisotopic (exact) mass is 441 g/mol. The summed E-state index contributed by atoms with van der Waals surface area (Å²) in [6, 6.07) is 7.35. The quantitative estimate of drug-likeness (QED) is 0.532. The second-order valence-corrected chi connectivity index (χ2v) is 8.46. The summed E-state index contributed by atoms with van der Waals surface area (Å²) >= 11 is 0. The summed E-state index contributed by atoms with van der Waals surface area (Å²) < 4.78 is 16.3. The summed E-state index contributed by atoms with van der Waals surface area (Å²) in [4.78, 5) is 39.4. The van der Waals surface area contributed by atoms with E-state index in [-0.39, 0.29) is 17.8 Å². The second kappa shape index (κ2) is 9.59. The number of rotatable bonds is 6. The van der Waals surface area contributed by atoms with E-state index in [4.69, 9.17) is 14.2 Å². The van der Waals surface area contributed by atoms with Crippen LogP contribution < -0.4 is 10.1 Å². The fourth-order valence-corrected chi connectivity index (χ4v) is 4.55. The minimum atomic E-state index is -0.928. The molecule has 1 heterocycles. The van der Waals surface area contributed by atoms with Crippen molar-refractivity contribution in [2.75, 3.05) is 13.7 Å². The van der Waals surface area contributed by atoms with Crippen LogP contribution in [0.25, 0.3) is 0 Å². The lowest BCUT2D eigenvalue weighted by molar-refractivity contribution is -0.151. The molecule has 32 heavy (non-hydrogen) atoms. The molecule has 1 aliphatic carbocycles. The fourth-order valence-electron chi connectivity index (χ4n) is 4.55. The van der Waals surface area contributed by atoms with Gasteiger partial charge in [-0.1, -0.05) is 25.1 Å². The molecule has 7 nitrogen and oxygen atoms in total. The number of nitrogens with one attached hydrogen (secondary N) is 1. The predicted octanol–water partition coefficient (Wildman–Crippen LogP) is 3.65. The smallest absolute Gasteiger partial charge is 0.337 e. The van der Waals surface area contributed by atoms with Gasteiger partial charge in [-0.15, -0.1) is 0 Å². The number of carbonyl (C=O) groups excluding carboxylic acids is 3. The number of allylic oxidation sites excluding steroid dienone is 3. The highest BCUT2D eigenvalue weighted by Gasteiger charge is 2.47. The van der Waals surface area contributed by atoms with E-state index in [0.717, 1.165) is 5.70 Å². The van der Waals surface area contributed by atoms with E-state index in [1.807, 2.05) is 38.1 Å². The van der Waals surface area contributed by atoms with Gasteiger partial charge in [0.2, 0.25) is 0 Å². The average Bonchev–Trinajstić information content (AvgIpc) is 2.72. The maximum Gasteiger partial charge on any atom is 0.337 e. The lowest BCUT2D eigenvalue weighted by atomic mass is 9.69. The van der Waals surface area contributed by atoms with Gasteiger partial charge in [0.05, 0.1) is 31.3 Å². The van der Waals surface area contributed by atoms with Gasteiger partial charge in [-0.3, -0.25) is 9.59 Å². The van der Waals surface area contributed by atoms with Crippen molar-refractivity contribution in [1.82, 2.24) is 5.32 Å². The highest BCUT2D eigenvalue weighted by Crippen LogP contribution is 2.47. The van der Waals surface area contributed by atoms with Gasteiger partial charge in [-0.25, -0.2) is 4.79 Å². The molecule has 172 valence electrons. The first-order valence-corrected chi connectivity index (χ1v) is 11.0. The van der Waals surface area contributed by atoms with Crippen molar-refractivity contribution in [3.63, 3.8) is 0 Å². The van der Waals surface area contributed by atoms with Crippen LogP contribution in [0.5, 0.6) is 5.75 Å². The van der Waals surface area contributed by atoms with E-state index in [2.05, 4.69) is 5.32 Å². The lowest BCUT2D eigenvalue weighted by Crippen LogP contribution is -2.43. The zero-order valence-electron chi connectivity index (χ0n) is 19.5.